The van der Waals surface area contributed by atoms with Gasteiger partial charge in [0.05, 0.1) is 11.4 Å². The molecule has 0 aliphatic rings. The third kappa shape index (κ3) is 5.61. The van der Waals surface area contributed by atoms with Gasteiger partial charge in [0.15, 0.2) is 0 Å². The monoisotopic (exact) mass is 407 g/mol. The molecule has 0 heterocycles. The predicted molar refractivity (Wildman–Crippen MR) is 104 cm³/mol. The number of carbonyl (C=O) groups is 2. The SMILES string of the molecule is CC(=O)Nc1ccc(S(=O)(=O)N(C)CC(=O)NCc2ccc(F)c(C)c2)cc1. The number of nitrogens with zero attached hydrogens (tertiary/aromatic N) is 1. The van der Waals surface area contributed by atoms with Crippen LogP contribution in [0.5, 0.6) is 0 Å². The molecule has 0 aliphatic heterocycles. The van der Waals surface area contributed by atoms with Gasteiger partial charge < -0.3 is 10.6 Å². The van der Waals surface area contributed by atoms with Crippen LogP contribution in [0.25, 0.3) is 0 Å². The summed E-state index contributed by atoms with van der Waals surface area (Å²) in [6.45, 7) is 2.78. The fourth-order valence-corrected chi connectivity index (χ4v) is 3.58. The van der Waals surface area contributed by atoms with E-state index in [2.05, 4.69) is 10.6 Å². The second-order valence-corrected chi connectivity index (χ2v) is 8.37. The molecule has 0 saturated carbocycles. The van der Waals surface area contributed by atoms with Gasteiger partial charge in [-0.05, 0) is 48.4 Å². The highest BCUT2D eigenvalue weighted by Crippen LogP contribution is 2.17. The van der Waals surface area contributed by atoms with Crippen molar-refractivity contribution in [3.63, 3.8) is 0 Å². The third-order valence-electron chi connectivity index (χ3n) is 3.96. The van der Waals surface area contributed by atoms with Crippen molar-refractivity contribution < 1.29 is 22.4 Å². The summed E-state index contributed by atoms with van der Waals surface area (Å²) in [6.07, 6.45) is 0. The quantitative estimate of drug-likeness (QED) is 0.734. The molecule has 0 atom stereocenters. The molecule has 2 rings (SSSR count). The number of hydrogen-bond acceptors (Lipinski definition) is 4. The highest BCUT2D eigenvalue weighted by atomic mass is 32.2. The minimum atomic E-state index is -3.86. The molecule has 2 aromatic carbocycles. The minimum absolute atomic E-state index is 0.00561. The van der Waals surface area contributed by atoms with E-state index in [4.69, 9.17) is 0 Å². The highest BCUT2D eigenvalue weighted by Gasteiger charge is 2.22. The van der Waals surface area contributed by atoms with E-state index in [1.54, 1.807) is 19.1 Å². The number of hydrogen-bond donors (Lipinski definition) is 2. The first-order chi connectivity index (χ1) is 13.1. The van der Waals surface area contributed by atoms with Gasteiger partial charge in [-0.25, -0.2) is 12.8 Å². The maximum Gasteiger partial charge on any atom is 0.243 e. The molecule has 2 aromatic rings. The van der Waals surface area contributed by atoms with Gasteiger partial charge in [0, 0.05) is 26.2 Å². The number of carbonyl (C=O) groups excluding carboxylic acids is 2. The van der Waals surface area contributed by atoms with Crippen molar-refractivity contribution in [2.75, 3.05) is 18.9 Å². The van der Waals surface area contributed by atoms with E-state index < -0.39 is 15.9 Å². The summed E-state index contributed by atoms with van der Waals surface area (Å²) in [4.78, 5) is 23.1. The Morgan fingerprint density at radius 3 is 2.32 bits per heavy atom. The molecular formula is C19H22FN3O4S. The lowest BCUT2D eigenvalue weighted by molar-refractivity contribution is -0.121. The molecule has 0 radical (unpaired) electrons. The average Bonchev–Trinajstić information content (AvgIpc) is 2.62. The smallest absolute Gasteiger partial charge is 0.243 e. The van der Waals surface area contributed by atoms with Crippen LogP contribution in [-0.4, -0.2) is 38.1 Å². The number of halogens is 1. The van der Waals surface area contributed by atoms with Crippen LogP contribution in [0.2, 0.25) is 0 Å². The summed E-state index contributed by atoms with van der Waals surface area (Å²) < 4.78 is 39.4. The number of amides is 2. The predicted octanol–water partition coefficient (Wildman–Crippen LogP) is 2.03. The average molecular weight is 407 g/mol. The fraction of sp³-hybridized carbons (Fsp3) is 0.263. The molecule has 2 N–H and O–H groups in total. The molecule has 0 fully saturated rings. The molecular weight excluding hydrogens is 385 g/mol. The maximum absolute atomic E-state index is 13.3. The number of rotatable bonds is 7. The van der Waals surface area contributed by atoms with Gasteiger partial charge in [0.25, 0.3) is 0 Å². The summed E-state index contributed by atoms with van der Waals surface area (Å²) >= 11 is 0. The number of benzene rings is 2. The number of nitrogens with one attached hydrogen (secondary N) is 2. The minimum Gasteiger partial charge on any atom is -0.351 e. The molecule has 7 nitrogen and oxygen atoms in total. The van der Waals surface area contributed by atoms with E-state index in [-0.39, 0.29) is 29.7 Å². The summed E-state index contributed by atoms with van der Waals surface area (Å²) in [6, 6.07) is 10.1. The van der Waals surface area contributed by atoms with Crippen LogP contribution in [0.1, 0.15) is 18.1 Å². The Hall–Kier alpha value is -2.78. The van der Waals surface area contributed by atoms with E-state index in [1.807, 2.05) is 0 Å². The van der Waals surface area contributed by atoms with Crippen LogP contribution in [0.4, 0.5) is 10.1 Å². The summed E-state index contributed by atoms with van der Waals surface area (Å²) in [7, 11) is -2.56. The zero-order valence-electron chi connectivity index (χ0n) is 15.8. The second-order valence-electron chi connectivity index (χ2n) is 6.33. The molecule has 0 saturated heterocycles. The number of aryl methyl sites for hydroxylation is 1. The van der Waals surface area contributed by atoms with Crippen molar-refractivity contribution in [2.45, 2.75) is 25.3 Å². The van der Waals surface area contributed by atoms with Gasteiger partial charge in [-0.3, -0.25) is 9.59 Å². The van der Waals surface area contributed by atoms with Crippen LogP contribution in [0.3, 0.4) is 0 Å². The lowest BCUT2D eigenvalue weighted by Gasteiger charge is -2.17. The van der Waals surface area contributed by atoms with Gasteiger partial charge in [0.1, 0.15) is 5.82 Å². The Bertz CT molecular complexity index is 975. The normalized spacial score (nSPS) is 11.3. The summed E-state index contributed by atoms with van der Waals surface area (Å²) in [5.41, 5.74) is 1.65. The van der Waals surface area contributed by atoms with Crippen molar-refractivity contribution in [3.05, 3.63) is 59.4 Å². The maximum atomic E-state index is 13.3. The van der Waals surface area contributed by atoms with Gasteiger partial charge in [-0.15, -0.1) is 0 Å². The Labute approximate surface area is 163 Å². The standard InChI is InChI=1S/C19H22FN3O4S/c1-13-10-15(4-9-18(13)20)11-21-19(25)12-23(3)28(26,27)17-7-5-16(6-8-17)22-14(2)24/h4-10H,11-12H2,1-3H3,(H,21,25)(H,22,24). The number of likely N-dealkylation sites (N-methyl/N-ethyl adjacent to an activating group) is 1. The lowest BCUT2D eigenvalue weighted by atomic mass is 10.1. The fourth-order valence-electron chi connectivity index (χ4n) is 2.45. The van der Waals surface area contributed by atoms with Crippen LogP contribution < -0.4 is 10.6 Å². The van der Waals surface area contributed by atoms with E-state index in [9.17, 15) is 22.4 Å². The molecule has 0 aromatic heterocycles. The van der Waals surface area contributed by atoms with E-state index in [0.717, 1.165) is 4.31 Å². The molecule has 150 valence electrons. The van der Waals surface area contributed by atoms with Crippen LogP contribution in [0, 0.1) is 12.7 Å². The molecule has 0 aliphatic carbocycles. The van der Waals surface area contributed by atoms with Crippen molar-refractivity contribution in [1.82, 2.24) is 9.62 Å². The molecule has 0 spiro atoms. The van der Waals surface area contributed by atoms with Gasteiger partial charge in [-0.1, -0.05) is 12.1 Å². The number of sulfonamides is 1. The summed E-state index contributed by atoms with van der Waals surface area (Å²) in [5.74, 6) is -1.07. The molecule has 0 unspecified atom stereocenters. The van der Waals surface area contributed by atoms with E-state index >= 15 is 0 Å². The van der Waals surface area contributed by atoms with E-state index in [0.29, 0.717) is 16.8 Å². The zero-order chi connectivity index (χ0) is 20.9. The highest BCUT2D eigenvalue weighted by molar-refractivity contribution is 7.89. The Balaban J connectivity index is 1.97. The largest absolute Gasteiger partial charge is 0.351 e. The first-order valence-corrected chi connectivity index (χ1v) is 9.89. The summed E-state index contributed by atoms with van der Waals surface area (Å²) in [5, 5.41) is 5.17. The second kappa shape index (κ2) is 8.94. The topological polar surface area (TPSA) is 95.6 Å². The Morgan fingerprint density at radius 1 is 1.11 bits per heavy atom. The molecule has 28 heavy (non-hydrogen) atoms. The number of anilines is 1. The van der Waals surface area contributed by atoms with Gasteiger partial charge >= 0.3 is 0 Å². The van der Waals surface area contributed by atoms with E-state index in [1.165, 1.54) is 44.3 Å². The molecule has 9 heteroatoms. The van der Waals surface area contributed by atoms with Crippen molar-refractivity contribution in [3.8, 4) is 0 Å². The Morgan fingerprint density at radius 2 is 1.75 bits per heavy atom. The first-order valence-electron chi connectivity index (χ1n) is 8.45. The first kappa shape index (κ1) is 21.5. The van der Waals surface area contributed by atoms with Gasteiger partial charge in [-0.2, -0.15) is 4.31 Å². The molecule has 2 amide bonds. The van der Waals surface area contributed by atoms with Crippen LogP contribution in [0.15, 0.2) is 47.4 Å². The zero-order valence-corrected chi connectivity index (χ0v) is 16.6. The lowest BCUT2D eigenvalue weighted by Crippen LogP contribution is -2.38. The molecule has 0 bridgehead atoms. The van der Waals surface area contributed by atoms with Crippen molar-refractivity contribution in [2.24, 2.45) is 0 Å². The van der Waals surface area contributed by atoms with Crippen molar-refractivity contribution >= 4 is 27.5 Å². The van der Waals surface area contributed by atoms with Crippen LogP contribution >= 0.6 is 0 Å². The van der Waals surface area contributed by atoms with Gasteiger partial charge in [0.2, 0.25) is 21.8 Å². The van der Waals surface area contributed by atoms with Crippen LogP contribution in [-0.2, 0) is 26.2 Å². The third-order valence-corrected chi connectivity index (χ3v) is 5.78. The Kier molecular flexibility index (Phi) is 6.87. The van der Waals surface area contributed by atoms with Crippen molar-refractivity contribution in [1.29, 1.82) is 0 Å².